The van der Waals surface area contributed by atoms with E-state index in [1.54, 1.807) is 6.92 Å². The molecule has 1 unspecified atom stereocenters. The first kappa shape index (κ1) is 15.2. The first-order chi connectivity index (χ1) is 7.86. The Hall–Kier alpha value is -1.85. The number of carbonyl (C=O) groups excluding carboxylic acids is 2. The van der Waals surface area contributed by atoms with Crippen LogP contribution in [0.4, 0.5) is 0 Å². The number of carbonyl (C=O) groups is 3. The minimum atomic E-state index is -1.09. The predicted octanol–water partition coefficient (Wildman–Crippen LogP) is 1.25. The summed E-state index contributed by atoms with van der Waals surface area (Å²) >= 11 is 0. The second-order valence-corrected chi connectivity index (χ2v) is 3.41. The Morgan fingerprint density at radius 2 is 1.82 bits per heavy atom. The van der Waals surface area contributed by atoms with Crippen molar-refractivity contribution in [3.63, 3.8) is 0 Å². The van der Waals surface area contributed by atoms with E-state index in [-0.39, 0.29) is 24.8 Å². The average Bonchev–Trinajstić information content (AvgIpc) is 2.25. The van der Waals surface area contributed by atoms with Crippen molar-refractivity contribution in [1.29, 1.82) is 0 Å². The molecule has 0 aliphatic rings. The van der Waals surface area contributed by atoms with Crippen molar-refractivity contribution >= 4 is 17.9 Å². The number of hydrogen-bond acceptors (Lipinski definition) is 5. The number of esters is 2. The lowest BCUT2D eigenvalue weighted by Crippen LogP contribution is -2.24. The molecule has 0 aromatic carbocycles. The van der Waals surface area contributed by atoms with Gasteiger partial charge < -0.3 is 14.6 Å². The second-order valence-electron chi connectivity index (χ2n) is 3.41. The Balaban J connectivity index is 4.12. The summed E-state index contributed by atoms with van der Waals surface area (Å²) in [5.74, 6) is -2.45. The Morgan fingerprint density at radius 1 is 1.24 bits per heavy atom. The number of aliphatic carboxylic acids is 1. The van der Waals surface area contributed by atoms with Crippen molar-refractivity contribution in [1.82, 2.24) is 0 Å². The molecule has 0 aromatic rings. The van der Waals surface area contributed by atoms with E-state index in [1.807, 2.05) is 0 Å². The summed E-state index contributed by atoms with van der Waals surface area (Å²) in [7, 11) is 0. The lowest BCUT2D eigenvalue weighted by atomic mass is 10.3. The van der Waals surface area contributed by atoms with Crippen LogP contribution in [-0.4, -0.2) is 29.3 Å². The number of carboxylic acids is 1. The molecule has 0 radical (unpaired) electrons. The van der Waals surface area contributed by atoms with Gasteiger partial charge >= 0.3 is 17.9 Å². The number of carboxylic acid groups (broad SMARTS) is 1. The highest BCUT2D eigenvalue weighted by Gasteiger charge is 2.17. The Labute approximate surface area is 99.2 Å². The summed E-state index contributed by atoms with van der Waals surface area (Å²) in [6, 6.07) is 0. The van der Waals surface area contributed by atoms with E-state index < -0.39 is 24.2 Å². The zero-order valence-corrected chi connectivity index (χ0v) is 9.89. The van der Waals surface area contributed by atoms with Gasteiger partial charge in [0.2, 0.25) is 6.29 Å². The molecular weight excluding hydrogens is 228 g/mol. The molecule has 0 fully saturated rings. The van der Waals surface area contributed by atoms with E-state index in [1.165, 1.54) is 6.92 Å². The number of hydrogen-bond donors (Lipinski definition) is 1. The Bertz CT molecular complexity index is 320. The van der Waals surface area contributed by atoms with Gasteiger partial charge in [-0.25, -0.2) is 4.79 Å². The summed E-state index contributed by atoms with van der Waals surface area (Å²) in [6.45, 7) is 6.53. The van der Waals surface area contributed by atoms with Crippen LogP contribution in [0, 0.1) is 0 Å². The van der Waals surface area contributed by atoms with Crippen LogP contribution in [0.2, 0.25) is 0 Å². The molecule has 0 saturated heterocycles. The van der Waals surface area contributed by atoms with Gasteiger partial charge in [0, 0.05) is 12.0 Å². The highest BCUT2D eigenvalue weighted by Crippen LogP contribution is 2.06. The van der Waals surface area contributed by atoms with E-state index in [0.29, 0.717) is 0 Å². The highest BCUT2D eigenvalue weighted by atomic mass is 16.7. The number of rotatable bonds is 7. The normalized spacial score (nSPS) is 11.4. The smallest absolute Gasteiger partial charge is 0.336 e. The Kier molecular flexibility index (Phi) is 6.62. The quantitative estimate of drug-likeness (QED) is 0.412. The standard InChI is InChI=1S/C11H16O6/c1-4-10(17-11(15)7(2)3)16-9(14)6-5-8(12)13/h10H,2,4-6H2,1,3H3,(H,12,13). The van der Waals surface area contributed by atoms with Gasteiger partial charge in [-0.15, -0.1) is 0 Å². The molecule has 1 N–H and O–H groups in total. The van der Waals surface area contributed by atoms with Gasteiger partial charge in [-0.05, 0) is 6.92 Å². The van der Waals surface area contributed by atoms with Gasteiger partial charge in [0.25, 0.3) is 0 Å². The van der Waals surface area contributed by atoms with Crippen molar-refractivity contribution in [2.45, 2.75) is 39.4 Å². The van der Waals surface area contributed by atoms with Crippen LogP contribution >= 0.6 is 0 Å². The van der Waals surface area contributed by atoms with Crippen molar-refractivity contribution < 1.29 is 29.0 Å². The van der Waals surface area contributed by atoms with Crippen molar-refractivity contribution in [2.75, 3.05) is 0 Å². The topological polar surface area (TPSA) is 89.9 Å². The first-order valence-corrected chi connectivity index (χ1v) is 5.14. The SMILES string of the molecule is C=C(C)C(=O)OC(CC)OC(=O)CCC(=O)O. The highest BCUT2D eigenvalue weighted by molar-refractivity contribution is 5.87. The van der Waals surface area contributed by atoms with Crippen molar-refractivity contribution in [2.24, 2.45) is 0 Å². The summed E-state index contributed by atoms with van der Waals surface area (Å²) in [4.78, 5) is 32.5. The minimum Gasteiger partial charge on any atom is -0.481 e. The third-order valence-corrected chi connectivity index (χ3v) is 1.73. The Morgan fingerprint density at radius 3 is 2.24 bits per heavy atom. The summed E-state index contributed by atoms with van der Waals surface area (Å²) in [5.41, 5.74) is 0.199. The maximum absolute atomic E-state index is 11.2. The van der Waals surface area contributed by atoms with Gasteiger partial charge in [-0.3, -0.25) is 9.59 Å². The zero-order valence-electron chi connectivity index (χ0n) is 9.89. The average molecular weight is 244 g/mol. The third-order valence-electron chi connectivity index (χ3n) is 1.73. The van der Waals surface area contributed by atoms with Crippen LogP contribution in [0.1, 0.15) is 33.1 Å². The molecule has 0 spiro atoms. The van der Waals surface area contributed by atoms with Crippen LogP contribution in [0.3, 0.4) is 0 Å². The first-order valence-electron chi connectivity index (χ1n) is 5.14. The zero-order chi connectivity index (χ0) is 13.4. The fourth-order valence-corrected chi connectivity index (χ4v) is 0.825. The van der Waals surface area contributed by atoms with Crippen molar-refractivity contribution in [3.8, 4) is 0 Å². The van der Waals surface area contributed by atoms with Gasteiger partial charge in [-0.2, -0.15) is 0 Å². The third kappa shape index (κ3) is 7.10. The predicted molar refractivity (Wildman–Crippen MR) is 57.9 cm³/mol. The van der Waals surface area contributed by atoms with Crippen molar-refractivity contribution in [3.05, 3.63) is 12.2 Å². The fraction of sp³-hybridized carbons (Fsp3) is 0.545. The summed E-state index contributed by atoms with van der Waals surface area (Å²) < 4.78 is 9.59. The molecule has 0 saturated carbocycles. The van der Waals surface area contributed by atoms with Gasteiger partial charge in [0.05, 0.1) is 12.8 Å². The van der Waals surface area contributed by atoms with Crippen LogP contribution in [0.25, 0.3) is 0 Å². The molecular formula is C11H16O6. The molecule has 6 heteroatoms. The van der Waals surface area contributed by atoms with E-state index in [4.69, 9.17) is 14.6 Å². The second kappa shape index (κ2) is 7.43. The molecule has 0 aliphatic carbocycles. The minimum absolute atomic E-state index is 0.199. The lowest BCUT2D eigenvalue weighted by Gasteiger charge is -2.16. The van der Waals surface area contributed by atoms with E-state index in [9.17, 15) is 14.4 Å². The fourth-order valence-electron chi connectivity index (χ4n) is 0.825. The molecule has 1 atom stereocenters. The van der Waals surface area contributed by atoms with Crippen LogP contribution in [0.15, 0.2) is 12.2 Å². The summed E-state index contributed by atoms with van der Waals surface area (Å²) in [6.07, 6.45) is -1.28. The van der Waals surface area contributed by atoms with Crippen LogP contribution in [0.5, 0.6) is 0 Å². The largest absolute Gasteiger partial charge is 0.481 e. The monoisotopic (exact) mass is 244 g/mol. The molecule has 0 bridgehead atoms. The molecule has 0 amide bonds. The van der Waals surface area contributed by atoms with Crippen LogP contribution in [-0.2, 0) is 23.9 Å². The van der Waals surface area contributed by atoms with Gasteiger partial charge in [0.1, 0.15) is 0 Å². The maximum atomic E-state index is 11.2. The van der Waals surface area contributed by atoms with E-state index >= 15 is 0 Å². The number of ether oxygens (including phenoxy) is 2. The maximum Gasteiger partial charge on any atom is 0.336 e. The molecule has 0 heterocycles. The van der Waals surface area contributed by atoms with E-state index in [0.717, 1.165) is 0 Å². The molecule has 17 heavy (non-hydrogen) atoms. The molecule has 0 aromatic heterocycles. The molecule has 96 valence electrons. The lowest BCUT2D eigenvalue weighted by molar-refractivity contribution is -0.186. The summed E-state index contributed by atoms with van der Waals surface area (Å²) in [5, 5.41) is 8.37. The molecule has 0 aliphatic heterocycles. The van der Waals surface area contributed by atoms with E-state index in [2.05, 4.69) is 6.58 Å². The van der Waals surface area contributed by atoms with Gasteiger partial charge in [0.15, 0.2) is 0 Å². The molecule has 0 rings (SSSR count). The molecule has 6 nitrogen and oxygen atoms in total. The van der Waals surface area contributed by atoms with Gasteiger partial charge in [-0.1, -0.05) is 13.5 Å². The van der Waals surface area contributed by atoms with Crippen LogP contribution < -0.4 is 0 Å².